The average molecular weight is 575 g/mol. The lowest BCUT2D eigenvalue weighted by molar-refractivity contribution is 0.102. The number of sulfone groups is 1. The average Bonchev–Trinajstić information content (AvgIpc) is 3.53. The fourth-order valence-electron chi connectivity index (χ4n) is 4.11. The van der Waals surface area contributed by atoms with Gasteiger partial charge < -0.3 is 10.1 Å². The first-order valence-electron chi connectivity index (χ1n) is 11.4. The van der Waals surface area contributed by atoms with Crippen molar-refractivity contribution in [3.8, 4) is 17.0 Å². The van der Waals surface area contributed by atoms with E-state index in [0.717, 1.165) is 31.5 Å². The normalized spacial score (nSPS) is 11.7. The standard InChI is InChI=1S/C25H18F4N6O4S/c1-35-10-14(9-31-35)32-24(36)23-16-5-4-15(21(29)22(16)33-34-23)19-17(27)6-3-12(20(19)28)11-40(37,38)18-7-13(26)8-30-25(18)39-2/h3-10H,11H2,1-2H3,(H,32,36)(H,33,34). The number of nitrogens with zero attached hydrogens (tertiary/aromatic N) is 4. The number of halogens is 4. The third kappa shape index (κ3) is 4.75. The Morgan fingerprint density at radius 1 is 1.10 bits per heavy atom. The molecular weight excluding hydrogens is 556 g/mol. The van der Waals surface area contributed by atoms with Gasteiger partial charge in [-0.3, -0.25) is 14.6 Å². The van der Waals surface area contributed by atoms with Gasteiger partial charge in [0, 0.05) is 29.8 Å². The van der Waals surface area contributed by atoms with Crippen LogP contribution in [-0.4, -0.2) is 46.4 Å². The van der Waals surface area contributed by atoms with Gasteiger partial charge >= 0.3 is 0 Å². The second kappa shape index (κ2) is 10.1. The Morgan fingerprint density at radius 3 is 2.58 bits per heavy atom. The highest BCUT2D eigenvalue weighted by atomic mass is 32.2. The molecule has 206 valence electrons. The molecule has 0 radical (unpaired) electrons. The van der Waals surface area contributed by atoms with Crippen molar-refractivity contribution in [2.45, 2.75) is 10.6 Å². The second-order valence-corrected chi connectivity index (χ2v) is 10.6. The van der Waals surface area contributed by atoms with Gasteiger partial charge in [-0.1, -0.05) is 12.1 Å². The van der Waals surface area contributed by atoms with Crippen LogP contribution in [0.3, 0.4) is 0 Å². The van der Waals surface area contributed by atoms with E-state index in [2.05, 4.69) is 25.6 Å². The van der Waals surface area contributed by atoms with Gasteiger partial charge in [0.1, 0.15) is 33.6 Å². The Labute approximate surface area is 223 Å². The summed E-state index contributed by atoms with van der Waals surface area (Å²) in [4.78, 5) is 15.6. The largest absolute Gasteiger partial charge is 0.480 e. The molecule has 0 atom stereocenters. The van der Waals surface area contributed by atoms with Crippen molar-refractivity contribution in [1.82, 2.24) is 25.0 Å². The molecule has 15 heteroatoms. The van der Waals surface area contributed by atoms with E-state index in [1.807, 2.05) is 0 Å². The van der Waals surface area contributed by atoms with Gasteiger partial charge in [-0.15, -0.1) is 0 Å². The number of anilines is 1. The summed E-state index contributed by atoms with van der Waals surface area (Å²) >= 11 is 0. The maximum Gasteiger partial charge on any atom is 0.274 e. The number of fused-ring (bicyclic) bond motifs is 1. The lowest BCUT2D eigenvalue weighted by atomic mass is 9.99. The highest BCUT2D eigenvalue weighted by Crippen LogP contribution is 2.35. The summed E-state index contributed by atoms with van der Waals surface area (Å²) in [6.45, 7) is 0. The van der Waals surface area contributed by atoms with Crippen molar-refractivity contribution in [3.63, 3.8) is 0 Å². The Hall–Kier alpha value is -4.79. The summed E-state index contributed by atoms with van der Waals surface area (Å²) in [6, 6.07) is 4.63. The van der Waals surface area contributed by atoms with Crippen molar-refractivity contribution in [2.24, 2.45) is 7.05 Å². The number of carbonyl (C=O) groups excluding carboxylic acids is 1. The lowest BCUT2D eigenvalue weighted by Gasteiger charge is -2.13. The Balaban J connectivity index is 1.53. The molecule has 0 aliphatic heterocycles. The molecule has 2 aromatic carbocycles. The van der Waals surface area contributed by atoms with E-state index in [4.69, 9.17) is 4.74 Å². The Kier molecular flexibility index (Phi) is 6.75. The van der Waals surface area contributed by atoms with Gasteiger partial charge in [0.05, 0.1) is 36.5 Å². The molecule has 1 amide bonds. The molecule has 0 fully saturated rings. The molecule has 3 heterocycles. The molecular formula is C25H18F4N6O4S. The van der Waals surface area contributed by atoms with Crippen LogP contribution in [0.2, 0.25) is 0 Å². The molecule has 5 rings (SSSR count). The third-order valence-corrected chi connectivity index (χ3v) is 7.61. The number of H-pyrrole nitrogens is 1. The summed E-state index contributed by atoms with van der Waals surface area (Å²) in [7, 11) is -1.67. The number of aryl methyl sites for hydroxylation is 1. The number of hydrogen-bond acceptors (Lipinski definition) is 7. The van der Waals surface area contributed by atoms with Crippen molar-refractivity contribution >= 4 is 32.3 Å². The highest BCUT2D eigenvalue weighted by Gasteiger charge is 2.28. The van der Waals surface area contributed by atoms with Crippen LogP contribution in [0.4, 0.5) is 23.2 Å². The minimum atomic E-state index is -4.44. The van der Waals surface area contributed by atoms with Crippen LogP contribution in [-0.2, 0) is 22.6 Å². The van der Waals surface area contributed by atoms with Crippen LogP contribution in [0, 0.1) is 23.3 Å². The van der Waals surface area contributed by atoms with Crippen LogP contribution in [0.1, 0.15) is 16.1 Å². The highest BCUT2D eigenvalue weighted by molar-refractivity contribution is 7.90. The molecule has 2 N–H and O–H groups in total. The first-order chi connectivity index (χ1) is 19.0. The van der Waals surface area contributed by atoms with Crippen LogP contribution in [0.5, 0.6) is 5.88 Å². The van der Waals surface area contributed by atoms with Crippen molar-refractivity contribution in [1.29, 1.82) is 0 Å². The molecule has 5 aromatic rings. The lowest BCUT2D eigenvalue weighted by Crippen LogP contribution is -2.12. The number of hydrogen-bond donors (Lipinski definition) is 2. The van der Waals surface area contributed by atoms with Crippen LogP contribution in [0.25, 0.3) is 22.0 Å². The molecule has 40 heavy (non-hydrogen) atoms. The zero-order valence-corrected chi connectivity index (χ0v) is 21.5. The summed E-state index contributed by atoms with van der Waals surface area (Å²) in [5.41, 5.74) is -2.03. The second-order valence-electron chi connectivity index (χ2n) is 8.59. The van der Waals surface area contributed by atoms with Gasteiger partial charge in [-0.05, 0) is 18.2 Å². The summed E-state index contributed by atoms with van der Waals surface area (Å²) < 4.78 is 92.0. The predicted molar refractivity (Wildman–Crippen MR) is 134 cm³/mol. The minimum absolute atomic E-state index is 0.0351. The van der Waals surface area contributed by atoms with Gasteiger partial charge in [0.25, 0.3) is 5.91 Å². The molecule has 0 saturated heterocycles. The number of amides is 1. The number of pyridine rings is 1. The number of benzene rings is 2. The molecule has 0 bridgehead atoms. The molecule has 0 saturated carbocycles. The van der Waals surface area contributed by atoms with Crippen molar-refractivity contribution in [2.75, 3.05) is 12.4 Å². The van der Waals surface area contributed by atoms with Crippen molar-refractivity contribution in [3.05, 3.63) is 83.4 Å². The smallest absolute Gasteiger partial charge is 0.274 e. The fraction of sp³-hybridized carbons (Fsp3) is 0.120. The maximum atomic E-state index is 15.6. The Bertz CT molecular complexity index is 1910. The van der Waals surface area contributed by atoms with Crippen molar-refractivity contribution < 1.29 is 35.5 Å². The minimum Gasteiger partial charge on any atom is -0.480 e. The summed E-state index contributed by atoms with van der Waals surface area (Å²) in [5, 5.41) is 12.8. The number of aromatic amines is 1. The number of methoxy groups -OCH3 is 1. The molecule has 0 aliphatic carbocycles. The Morgan fingerprint density at radius 2 is 1.88 bits per heavy atom. The first-order valence-corrected chi connectivity index (χ1v) is 13.0. The molecule has 0 aliphatic rings. The van der Waals surface area contributed by atoms with E-state index in [1.54, 1.807) is 7.05 Å². The summed E-state index contributed by atoms with van der Waals surface area (Å²) in [6.07, 6.45) is 3.68. The van der Waals surface area contributed by atoms with Gasteiger partial charge in [0.15, 0.2) is 15.7 Å². The number of aromatic nitrogens is 5. The van der Waals surface area contributed by atoms with E-state index < -0.39 is 72.2 Å². The van der Waals surface area contributed by atoms with Crippen LogP contribution in [0.15, 0.2) is 53.8 Å². The molecule has 3 aromatic heterocycles. The number of rotatable bonds is 7. The zero-order chi connectivity index (χ0) is 28.8. The van der Waals surface area contributed by atoms with Crippen LogP contribution < -0.4 is 10.1 Å². The van der Waals surface area contributed by atoms with E-state index in [9.17, 15) is 22.0 Å². The molecule has 10 nitrogen and oxygen atoms in total. The van der Waals surface area contributed by atoms with Gasteiger partial charge in [-0.25, -0.2) is 31.0 Å². The zero-order valence-electron chi connectivity index (χ0n) is 20.7. The van der Waals surface area contributed by atoms with E-state index in [-0.39, 0.29) is 16.6 Å². The molecule has 0 spiro atoms. The third-order valence-electron chi connectivity index (χ3n) is 5.95. The topological polar surface area (TPSA) is 132 Å². The van der Waals surface area contributed by atoms with Gasteiger partial charge in [-0.2, -0.15) is 10.2 Å². The maximum absolute atomic E-state index is 15.6. The van der Waals surface area contributed by atoms with E-state index in [1.165, 1.54) is 23.1 Å². The molecule has 0 unspecified atom stereocenters. The SMILES string of the molecule is COc1ncc(F)cc1S(=O)(=O)Cc1ccc(F)c(-c2ccc3c(C(=O)Nc4cnn(C)c4)[nH]nc3c2F)c1F. The quantitative estimate of drug-likeness (QED) is 0.279. The van der Waals surface area contributed by atoms with Crippen LogP contribution >= 0.6 is 0 Å². The fourth-order valence-corrected chi connectivity index (χ4v) is 5.60. The van der Waals surface area contributed by atoms with E-state index in [0.29, 0.717) is 11.8 Å². The van der Waals surface area contributed by atoms with E-state index >= 15 is 8.78 Å². The summed E-state index contributed by atoms with van der Waals surface area (Å²) in [5.74, 6) is -6.75. The predicted octanol–water partition coefficient (Wildman–Crippen LogP) is 4.15. The van der Waals surface area contributed by atoms with Gasteiger partial charge in [0.2, 0.25) is 5.88 Å². The number of carbonyl (C=O) groups is 1. The number of nitrogens with one attached hydrogen (secondary N) is 2. The monoisotopic (exact) mass is 574 g/mol. The first kappa shape index (κ1) is 26.8. The number of ether oxygens (including phenoxy) is 1.